The number of hydrogen-bond donors (Lipinski definition) is 0. The van der Waals surface area contributed by atoms with E-state index in [-0.39, 0.29) is 11.8 Å². The second-order valence-electron chi connectivity index (χ2n) is 6.16. The zero-order valence-corrected chi connectivity index (χ0v) is 15.5. The van der Waals surface area contributed by atoms with Gasteiger partial charge in [0.2, 0.25) is 5.91 Å². The molecule has 25 heavy (non-hydrogen) atoms. The van der Waals surface area contributed by atoms with Crippen LogP contribution in [0.5, 0.6) is 11.5 Å². The highest BCUT2D eigenvalue weighted by atomic mass is 16.5. The van der Waals surface area contributed by atoms with Crippen molar-refractivity contribution >= 4 is 5.91 Å². The van der Waals surface area contributed by atoms with Crippen LogP contribution in [0.3, 0.4) is 0 Å². The Morgan fingerprint density at radius 2 is 2.00 bits per heavy atom. The Bertz CT molecular complexity index is 709. The zero-order chi connectivity index (χ0) is 18.4. The first kappa shape index (κ1) is 18.8. The molecule has 1 aromatic heterocycles. The third-order valence-corrected chi connectivity index (χ3v) is 3.89. The quantitative estimate of drug-likeness (QED) is 0.728. The summed E-state index contributed by atoms with van der Waals surface area (Å²) in [6, 6.07) is 7.35. The normalized spacial score (nSPS) is 10.8. The summed E-state index contributed by atoms with van der Waals surface area (Å²) in [6.45, 7) is 7.00. The summed E-state index contributed by atoms with van der Waals surface area (Å²) in [5.74, 6) is 2.03. The van der Waals surface area contributed by atoms with E-state index in [4.69, 9.17) is 14.0 Å². The second kappa shape index (κ2) is 8.55. The number of hydrogen-bond acceptors (Lipinski definition) is 5. The molecule has 0 N–H and O–H groups in total. The molecule has 1 heterocycles. The van der Waals surface area contributed by atoms with Gasteiger partial charge in [0.05, 0.1) is 26.3 Å². The molecule has 0 aliphatic rings. The van der Waals surface area contributed by atoms with Crippen LogP contribution in [-0.4, -0.2) is 36.7 Å². The summed E-state index contributed by atoms with van der Waals surface area (Å²) >= 11 is 0. The summed E-state index contributed by atoms with van der Waals surface area (Å²) in [4.78, 5) is 14.1. The number of carbonyl (C=O) groups excluding carboxylic acids is 1. The van der Waals surface area contributed by atoms with Crippen molar-refractivity contribution in [1.82, 2.24) is 10.1 Å². The van der Waals surface area contributed by atoms with Crippen molar-refractivity contribution in [2.24, 2.45) is 5.92 Å². The van der Waals surface area contributed by atoms with E-state index in [1.54, 1.807) is 20.3 Å². The smallest absolute Gasteiger partial charge is 0.225 e. The Kier molecular flexibility index (Phi) is 6.44. The van der Waals surface area contributed by atoms with E-state index in [0.29, 0.717) is 30.3 Å². The molecule has 1 aromatic carbocycles. The van der Waals surface area contributed by atoms with E-state index < -0.39 is 0 Å². The molecule has 0 unspecified atom stereocenters. The van der Waals surface area contributed by atoms with Crippen LogP contribution in [0.2, 0.25) is 0 Å². The Morgan fingerprint density at radius 3 is 2.60 bits per heavy atom. The number of amides is 1. The lowest BCUT2D eigenvalue weighted by molar-refractivity contribution is -0.135. The maximum absolute atomic E-state index is 12.3. The molecule has 136 valence electrons. The third-order valence-electron chi connectivity index (χ3n) is 3.89. The average Bonchev–Trinajstić information content (AvgIpc) is 3.08. The fraction of sp³-hybridized carbons (Fsp3) is 0.474. The molecule has 2 aromatic rings. The van der Waals surface area contributed by atoms with Crippen molar-refractivity contribution < 1.29 is 18.8 Å². The maximum atomic E-state index is 12.3. The van der Waals surface area contributed by atoms with Gasteiger partial charge in [0, 0.05) is 24.6 Å². The van der Waals surface area contributed by atoms with E-state index in [1.165, 1.54) is 0 Å². The molecule has 0 bridgehead atoms. The van der Waals surface area contributed by atoms with Crippen LogP contribution >= 0.6 is 0 Å². The minimum absolute atomic E-state index is 0.0420. The lowest BCUT2D eigenvalue weighted by atomic mass is 10.1. The van der Waals surface area contributed by atoms with Crippen LogP contribution < -0.4 is 9.47 Å². The first-order chi connectivity index (χ1) is 12.0. The van der Waals surface area contributed by atoms with Crippen LogP contribution in [0.1, 0.15) is 32.9 Å². The fourth-order valence-corrected chi connectivity index (χ4v) is 2.61. The predicted octanol–water partition coefficient (Wildman–Crippen LogP) is 3.75. The molecular formula is C19H26N2O4. The molecule has 6 heteroatoms. The molecule has 2 rings (SSSR count). The highest BCUT2D eigenvalue weighted by molar-refractivity contribution is 5.78. The summed E-state index contributed by atoms with van der Waals surface area (Å²) in [5, 5.41) is 4.12. The van der Waals surface area contributed by atoms with Gasteiger partial charge in [0.1, 0.15) is 17.2 Å². The van der Waals surface area contributed by atoms with Crippen molar-refractivity contribution in [2.75, 3.05) is 20.8 Å². The van der Waals surface area contributed by atoms with Gasteiger partial charge in [0.25, 0.3) is 0 Å². The van der Waals surface area contributed by atoms with E-state index in [1.807, 2.05) is 36.9 Å². The molecule has 0 aliphatic carbocycles. The minimum atomic E-state index is -0.0420. The highest BCUT2D eigenvalue weighted by Gasteiger charge is 2.19. The molecule has 0 spiro atoms. The largest absolute Gasteiger partial charge is 0.497 e. The van der Waals surface area contributed by atoms with Gasteiger partial charge < -0.3 is 18.9 Å². The van der Waals surface area contributed by atoms with Gasteiger partial charge in [-0.15, -0.1) is 0 Å². The zero-order valence-electron chi connectivity index (χ0n) is 15.5. The van der Waals surface area contributed by atoms with Crippen LogP contribution in [0.4, 0.5) is 0 Å². The monoisotopic (exact) mass is 346 g/mol. The Labute approximate surface area is 148 Å². The van der Waals surface area contributed by atoms with Crippen molar-refractivity contribution in [1.29, 1.82) is 0 Å². The summed E-state index contributed by atoms with van der Waals surface area (Å²) in [7, 11) is 3.20. The number of rotatable bonds is 8. The Morgan fingerprint density at radius 1 is 1.24 bits per heavy atom. The topological polar surface area (TPSA) is 64.8 Å². The van der Waals surface area contributed by atoms with Crippen LogP contribution in [0, 0.1) is 5.92 Å². The first-order valence-corrected chi connectivity index (χ1v) is 8.46. The van der Waals surface area contributed by atoms with Gasteiger partial charge in [-0.3, -0.25) is 4.79 Å². The molecule has 0 radical (unpaired) electrons. The Balaban J connectivity index is 2.23. The molecule has 0 saturated carbocycles. The molecule has 1 amide bonds. The molecule has 0 aliphatic heterocycles. The lowest BCUT2D eigenvalue weighted by Crippen LogP contribution is -2.34. The molecule has 0 fully saturated rings. The standard InChI is InChI=1S/C19H26N2O4/c1-6-9-21(19(22)13(2)3)12-14-10-18(25-20-14)16-8-7-15(23-4)11-17(16)24-5/h7-8,10-11,13H,6,9,12H2,1-5H3. The molecule has 0 atom stereocenters. The van der Waals surface area contributed by atoms with Gasteiger partial charge in [-0.1, -0.05) is 25.9 Å². The van der Waals surface area contributed by atoms with Gasteiger partial charge >= 0.3 is 0 Å². The lowest BCUT2D eigenvalue weighted by Gasteiger charge is -2.22. The minimum Gasteiger partial charge on any atom is -0.497 e. The van der Waals surface area contributed by atoms with Crippen molar-refractivity contribution in [3.63, 3.8) is 0 Å². The van der Waals surface area contributed by atoms with Gasteiger partial charge in [-0.25, -0.2) is 0 Å². The molecule has 6 nitrogen and oxygen atoms in total. The predicted molar refractivity (Wildman–Crippen MR) is 95.6 cm³/mol. The SMILES string of the molecule is CCCN(Cc1cc(-c2ccc(OC)cc2OC)on1)C(=O)C(C)C. The summed E-state index contributed by atoms with van der Waals surface area (Å²) in [5.41, 5.74) is 1.51. The van der Waals surface area contributed by atoms with E-state index >= 15 is 0 Å². The molecule has 0 saturated heterocycles. The maximum Gasteiger partial charge on any atom is 0.225 e. The summed E-state index contributed by atoms with van der Waals surface area (Å²) in [6.07, 6.45) is 0.898. The first-order valence-electron chi connectivity index (χ1n) is 8.46. The molecular weight excluding hydrogens is 320 g/mol. The van der Waals surface area contributed by atoms with Gasteiger partial charge in [-0.2, -0.15) is 0 Å². The highest BCUT2D eigenvalue weighted by Crippen LogP contribution is 2.33. The number of ether oxygens (including phenoxy) is 2. The number of nitrogens with zero attached hydrogens (tertiary/aromatic N) is 2. The number of methoxy groups -OCH3 is 2. The number of benzene rings is 1. The number of carbonyl (C=O) groups is 1. The average molecular weight is 346 g/mol. The van der Waals surface area contributed by atoms with E-state index in [2.05, 4.69) is 12.1 Å². The van der Waals surface area contributed by atoms with Crippen molar-refractivity contribution in [2.45, 2.75) is 33.7 Å². The Hall–Kier alpha value is -2.50. The third kappa shape index (κ3) is 4.53. The fourth-order valence-electron chi connectivity index (χ4n) is 2.61. The van der Waals surface area contributed by atoms with Crippen LogP contribution in [0.15, 0.2) is 28.8 Å². The van der Waals surface area contributed by atoms with Crippen molar-refractivity contribution in [3.05, 3.63) is 30.0 Å². The van der Waals surface area contributed by atoms with E-state index in [9.17, 15) is 4.79 Å². The second-order valence-corrected chi connectivity index (χ2v) is 6.16. The van der Waals surface area contributed by atoms with Crippen LogP contribution in [0.25, 0.3) is 11.3 Å². The van der Waals surface area contributed by atoms with Crippen molar-refractivity contribution in [3.8, 4) is 22.8 Å². The summed E-state index contributed by atoms with van der Waals surface area (Å²) < 4.78 is 16.1. The number of aromatic nitrogens is 1. The van der Waals surface area contributed by atoms with Gasteiger partial charge in [0.15, 0.2) is 5.76 Å². The van der Waals surface area contributed by atoms with Crippen LogP contribution in [-0.2, 0) is 11.3 Å². The van der Waals surface area contributed by atoms with Gasteiger partial charge in [-0.05, 0) is 18.6 Å². The van der Waals surface area contributed by atoms with E-state index in [0.717, 1.165) is 17.7 Å².